The van der Waals surface area contributed by atoms with Gasteiger partial charge in [-0.15, -0.1) is 10.2 Å². The molecule has 0 aliphatic heterocycles. The van der Waals surface area contributed by atoms with Gasteiger partial charge in [-0.05, 0) is 62.1 Å². The van der Waals surface area contributed by atoms with Gasteiger partial charge in [0.15, 0.2) is 5.16 Å². The van der Waals surface area contributed by atoms with Crippen LogP contribution in [0.2, 0.25) is 0 Å². The van der Waals surface area contributed by atoms with Crippen molar-refractivity contribution < 1.29 is 9.84 Å². The maximum atomic E-state index is 10.0. The second-order valence-electron chi connectivity index (χ2n) is 8.01. The van der Waals surface area contributed by atoms with Gasteiger partial charge in [-0.2, -0.15) is 0 Å². The third kappa shape index (κ3) is 7.08. The molecule has 0 amide bonds. The summed E-state index contributed by atoms with van der Waals surface area (Å²) in [5.41, 5.74) is 2.61. The highest BCUT2D eigenvalue weighted by Crippen LogP contribution is 2.40. The van der Waals surface area contributed by atoms with E-state index in [0.717, 1.165) is 48.3 Å². The van der Waals surface area contributed by atoms with Gasteiger partial charge in [-0.3, -0.25) is 9.88 Å². The zero-order valence-electron chi connectivity index (χ0n) is 18.3. The van der Waals surface area contributed by atoms with Crippen LogP contribution >= 0.6 is 11.8 Å². The van der Waals surface area contributed by atoms with Crippen LogP contribution in [0.3, 0.4) is 0 Å². The predicted molar refractivity (Wildman–Crippen MR) is 122 cm³/mol. The number of hydrogen-bond acceptors (Lipinski definition) is 6. The number of thioether (sulfide) groups is 1. The number of aliphatic hydroxyl groups excluding tert-OH is 1. The van der Waals surface area contributed by atoms with Crippen molar-refractivity contribution in [2.75, 3.05) is 26.0 Å². The molecule has 1 heterocycles. The molecule has 2 N–H and O–H groups in total. The molecule has 30 heavy (non-hydrogen) atoms. The summed E-state index contributed by atoms with van der Waals surface area (Å²) in [7, 11) is 1.67. The summed E-state index contributed by atoms with van der Waals surface area (Å²) >= 11 is 1.80. The van der Waals surface area contributed by atoms with Crippen LogP contribution in [-0.4, -0.2) is 52.1 Å². The zero-order valence-corrected chi connectivity index (χ0v) is 19.2. The third-order valence-corrected chi connectivity index (χ3v) is 6.44. The van der Waals surface area contributed by atoms with Gasteiger partial charge in [0.05, 0.1) is 6.61 Å². The van der Waals surface area contributed by atoms with E-state index in [1.807, 2.05) is 0 Å². The van der Waals surface area contributed by atoms with Crippen molar-refractivity contribution >= 4 is 11.8 Å². The lowest BCUT2D eigenvalue weighted by atomic mass is 10.1. The maximum Gasteiger partial charge on any atom is 0.195 e. The highest BCUT2D eigenvalue weighted by molar-refractivity contribution is 7.99. The molecule has 2 aromatic rings. The monoisotopic (exact) mass is 432 g/mol. The van der Waals surface area contributed by atoms with E-state index in [9.17, 15) is 5.11 Å². The molecular weight excluding hydrogens is 396 g/mol. The van der Waals surface area contributed by atoms with Gasteiger partial charge in [0.2, 0.25) is 0 Å². The van der Waals surface area contributed by atoms with Crippen LogP contribution in [-0.2, 0) is 11.2 Å². The Hall–Kier alpha value is -1.41. The Morgan fingerprint density at radius 1 is 1.27 bits per heavy atom. The maximum absolute atomic E-state index is 10.0. The van der Waals surface area contributed by atoms with Gasteiger partial charge in [-0.1, -0.05) is 37.2 Å². The van der Waals surface area contributed by atoms with Crippen molar-refractivity contribution in [3.05, 3.63) is 35.7 Å². The minimum absolute atomic E-state index is 0.478. The second kappa shape index (κ2) is 12.4. The second-order valence-corrected chi connectivity index (χ2v) is 9.08. The fourth-order valence-electron chi connectivity index (χ4n) is 3.51. The van der Waals surface area contributed by atoms with E-state index in [0.29, 0.717) is 13.2 Å². The van der Waals surface area contributed by atoms with Crippen molar-refractivity contribution in [1.82, 2.24) is 20.1 Å². The SMILES string of the molecule is CCCCSc1nnc(CCCCC(O)NCCOC)n1-c1cccc(C2CC2)c1. The summed E-state index contributed by atoms with van der Waals surface area (Å²) in [4.78, 5) is 0. The average molecular weight is 433 g/mol. The topological polar surface area (TPSA) is 72.2 Å². The Bertz CT molecular complexity index is 763. The average Bonchev–Trinajstić information content (AvgIpc) is 3.53. The van der Waals surface area contributed by atoms with Crippen molar-refractivity contribution in [2.45, 2.75) is 75.6 Å². The molecule has 1 atom stereocenters. The fraction of sp³-hybridized carbons (Fsp3) is 0.652. The molecule has 1 aliphatic rings. The molecule has 0 spiro atoms. The first kappa shape index (κ1) is 23.3. The van der Waals surface area contributed by atoms with Crippen molar-refractivity contribution in [1.29, 1.82) is 0 Å². The van der Waals surface area contributed by atoms with Crippen LogP contribution in [0.5, 0.6) is 0 Å². The van der Waals surface area contributed by atoms with Gasteiger partial charge < -0.3 is 9.84 Å². The van der Waals surface area contributed by atoms with Crippen LogP contribution in [0.4, 0.5) is 0 Å². The summed E-state index contributed by atoms with van der Waals surface area (Å²) in [5.74, 6) is 2.81. The van der Waals surface area contributed by atoms with Crippen LogP contribution in [0.1, 0.15) is 69.2 Å². The van der Waals surface area contributed by atoms with E-state index in [1.165, 1.54) is 36.9 Å². The number of methoxy groups -OCH3 is 1. The van der Waals surface area contributed by atoms with E-state index in [4.69, 9.17) is 4.74 Å². The van der Waals surface area contributed by atoms with Crippen LogP contribution in [0, 0.1) is 0 Å². The number of benzene rings is 1. The molecule has 1 saturated carbocycles. The van der Waals surface area contributed by atoms with Crippen molar-refractivity contribution in [3.8, 4) is 5.69 Å². The highest BCUT2D eigenvalue weighted by Gasteiger charge is 2.24. The molecule has 0 radical (unpaired) electrons. The number of nitrogens with one attached hydrogen (secondary N) is 1. The normalized spacial score (nSPS) is 14.9. The summed E-state index contributed by atoms with van der Waals surface area (Å²) in [6.07, 6.45) is 8.00. The molecule has 1 unspecified atom stereocenters. The number of nitrogens with zero attached hydrogens (tertiary/aromatic N) is 3. The number of ether oxygens (including phenoxy) is 1. The standard InChI is InChI=1S/C23H36N4O2S/c1-3-4-16-30-23-26-25-21(10-5-6-11-22(28)24-14-15-29-2)27(23)20-9-7-8-19(17-20)18-12-13-18/h7-9,17-18,22,24,28H,3-6,10-16H2,1-2H3. The molecule has 1 aliphatic carbocycles. The smallest absolute Gasteiger partial charge is 0.195 e. The van der Waals surface area contributed by atoms with Gasteiger partial charge in [0.25, 0.3) is 0 Å². The molecule has 0 saturated heterocycles. The fourth-order valence-corrected chi connectivity index (χ4v) is 4.56. The Kier molecular flexibility index (Phi) is 9.65. The Morgan fingerprint density at radius 2 is 2.13 bits per heavy atom. The predicted octanol–water partition coefficient (Wildman–Crippen LogP) is 4.30. The van der Waals surface area contributed by atoms with Gasteiger partial charge in [-0.25, -0.2) is 0 Å². The van der Waals surface area contributed by atoms with E-state index in [2.05, 4.69) is 51.3 Å². The molecule has 1 aromatic heterocycles. The number of aliphatic hydroxyl groups is 1. The number of hydrogen-bond donors (Lipinski definition) is 2. The van der Waals surface area contributed by atoms with Crippen molar-refractivity contribution in [2.24, 2.45) is 0 Å². The van der Waals surface area contributed by atoms with E-state index >= 15 is 0 Å². The summed E-state index contributed by atoms with van der Waals surface area (Å²) in [6, 6.07) is 8.90. The molecule has 166 valence electrons. The lowest BCUT2D eigenvalue weighted by Gasteiger charge is -2.13. The van der Waals surface area contributed by atoms with E-state index in [1.54, 1.807) is 18.9 Å². The first-order chi connectivity index (χ1) is 14.7. The number of aryl methyl sites for hydroxylation is 1. The Morgan fingerprint density at radius 3 is 2.90 bits per heavy atom. The number of unbranched alkanes of at least 4 members (excludes halogenated alkanes) is 2. The third-order valence-electron chi connectivity index (χ3n) is 5.42. The van der Waals surface area contributed by atoms with Crippen LogP contribution in [0.15, 0.2) is 29.4 Å². The largest absolute Gasteiger partial charge is 0.383 e. The Labute approximate surface area is 184 Å². The van der Waals surface area contributed by atoms with Gasteiger partial charge in [0.1, 0.15) is 12.1 Å². The highest BCUT2D eigenvalue weighted by atomic mass is 32.2. The number of rotatable bonds is 15. The Balaban J connectivity index is 1.63. The van der Waals surface area contributed by atoms with E-state index < -0.39 is 6.23 Å². The van der Waals surface area contributed by atoms with Gasteiger partial charge >= 0.3 is 0 Å². The molecule has 3 rings (SSSR count). The van der Waals surface area contributed by atoms with Crippen LogP contribution in [0.25, 0.3) is 5.69 Å². The number of aromatic nitrogens is 3. The van der Waals surface area contributed by atoms with Crippen molar-refractivity contribution in [3.63, 3.8) is 0 Å². The minimum atomic E-state index is -0.478. The lowest BCUT2D eigenvalue weighted by molar-refractivity contribution is 0.108. The lowest BCUT2D eigenvalue weighted by Crippen LogP contribution is -2.31. The molecule has 7 heteroatoms. The molecular formula is C23H36N4O2S. The first-order valence-corrected chi connectivity index (χ1v) is 12.3. The first-order valence-electron chi connectivity index (χ1n) is 11.3. The zero-order chi connectivity index (χ0) is 21.2. The molecule has 1 aromatic carbocycles. The summed E-state index contributed by atoms with van der Waals surface area (Å²) < 4.78 is 7.25. The van der Waals surface area contributed by atoms with Crippen LogP contribution < -0.4 is 5.32 Å². The van der Waals surface area contributed by atoms with Gasteiger partial charge in [0, 0.05) is 31.5 Å². The summed E-state index contributed by atoms with van der Waals surface area (Å²) in [5, 5.41) is 23.1. The molecule has 1 fully saturated rings. The minimum Gasteiger partial charge on any atom is -0.383 e. The molecule has 0 bridgehead atoms. The molecule has 6 nitrogen and oxygen atoms in total. The van der Waals surface area contributed by atoms with E-state index in [-0.39, 0.29) is 0 Å². The quantitative estimate of drug-likeness (QED) is 0.248. The summed E-state index contributed by atoms with van der Waals surface area (Å²) in [6.45, 7) is 3.49.